The van der Waals surface area contributed by atoms with Crippen molar-refractivity contribution in [3.05, 3.63) is 46.5 Å². The summed E-state index contributed by atoms with van der Waals surface area (Å²) in [5.74, 6) is -0.508. The molecule has 8 nitrogen and oxygen atoms in total. The second kappa shape index (κ2) is 7.22. The smallest absolute Gasteiger partial charge is 0.356 e. The molecule has 0 radical (unpaired) electrons. The molecule has 2 heterocycles. The van der Waals surface area contributed by atoms with E-state index in [9.17, 15) is 9.90 Å². The number of halogens is 1. The molecule has 0 fully saturated rings. The zero-order valence-electron chi connectivity index (χ0n) is 13.7. The van der Waals surface area contributed by atoms with Crippen molar-refractivity contribution < 1.29 is 19.4 Å². The molecule has 0 spiro atoms. The van der Waals surface area contributed by atoms with Crippen molar-refractivity contribution in [1.82, 2.24) is 14.9 Å². The molecule has 2 N–H and O–H groups in total. The number of methoxy groups -OCH3 is 2. The highest BCUT2D eigenvalue weighted by molar-refractivity contribution is 6.31. The SMILES string of the molecule is COC(CNC1=NCc2c(C(=O)O)ncn2-c2ccc(Cl)cc21)OC. The van der Waals surface area contributed by atoms with E-state index in [4.69, 9.17) is 21.1 Å². The van der Waals surface area contributed by atoms with Crippen LogP contribution in [0.25, 0.3) is 5.69 Å². The molecule has 132 valence electrons. The van der Waals surface area contributed by atoms with Crippen LogP contribution in [0, 0.1) is 0 Å². The van der Waals surface area contributed by atoms with Gasteiger partial charge in [-0.1, -0.05) is 11.6 Å². The molecule has 25 heavy (non-hydrogen) atoms. The third kappa shape index (κ3) is 3.37. The number of imidazole rings is 1. The first-order valence-corrected chi connectivity index (χ1v) is 7.86. The fourth-order valence-corrected chi connectivity index (χ4v) is 2.82. The van der Waals surface area contributed by atoms with E-state index in [1.807, 2.05) is 0 Å². The Labute approximate surface area is 149 Å². The first-order valence-electron chi connectivity index (χ1n) is 7.49. The van der Waals surface area contributed by atoms with Crippen LogP contribution in [0.4, 0.5) is 0 Å². The number of aromatic nitrogens is 2. The molecule has 1 aliphatic heterocycles. The van der Waals surface area contributed by atoms with Crippen molar-refractivity contribution in [2.75, 3.05) is 20.8 Å². The summed E-state index contributed by atoms with van der Waals surface area (Å²) in [4.78, 5) is 19.9. The average Bonchev–Trinajstić information content (AvgIpc) is 2.96. The van der Waals surface area contributed by atoms with Gasteiger partial charge >= 0.3 is 5.97 Å². The molecule has 1 aromatic carbocycles. The van der Waals surface area contributed by atoms with Crippen LogP contribution in [-0.4, -0.2) is 53.5 Å². The van der Waals surface area contributed by atoms with Gasteiger partial charge in [0.15, 0.2) is 12.0 Å². The van der Waals surface area contributed by atoms with Crippen molar-refractivity contribution in [1.29, 1.82) is 0 Å². The van der Waals surface area contributed by atoms with E-state index in [-0.39, 0.29) is 12.2 Å². The lowest BCUT2D eigenvalue weighted by molar-refractivity contribution is -0.0965. The number of carboxylic acid groups (broad SMARTS) is 1. The number of carboxylic acids is 1. The molecule has 9 heteroatoms. The minimum absolute atomic E-state index is 0.0161. The van der Waals surface area contributed by atoms with Gasteiger partial charge in [0, 0.05) is 24.8 Å². The maximum atomic E-state index is 11.4. The number of aromatic carboxylic acids is 1. The lowest BCUT2D eigenvalue weighted by Gasteiger charge is -2.17. The second-order valence-electron chi connectivity index (χ2n) is 5.32. The molecule has 0 amide bonds. The Morgan fingerprint density at radius 1 is 1.44 bits per heavy atom. The van der Waals surface area contributed by atoms with Crippen LogP contribution in [0.3, 0.4) is 0 Å². The number of fused-ring (bicyclic) bond motifs is 3. The minimum atomic E-state index is -1.09. The molecule has 0 atom stereocenters. The van der Waals surface area contributed by atoms with E-state index in [1.165, 1.54) is 6.33 Å². The Morgan fingerprint density at radius 2 is 2.20 bits per heavy atom. The molecular weight excluding hydrogens is 348 g/mol. The Kier molecular flexibility index (Phi) is 5.03. The molecule has 1 aliphatic rings. The Balaban J connectivity index is 2.04. The predicted octanol–water partition coefficient (Wildman–Crippen LogP) is 1.69. The number of carbonyl (C=O) groups is 1. The number of rotatable bonds is 5. The van der Waals surface area contributed by atoms with E-state index in [0.29, 0.717) is 23.1 Å². The van der Waals surface area contributed by atoms with Gasteiger partial charge in [-0.3, -0.25) is 9.56 Å². The van der Waals surface area contributed by atoms with Crippen LogP contribution in [0.2, 0.25) is 5.02 Å². The zero-order chi connectivity index (χ0) is 18.0. The van der Waals surface area contributed by atoms with Crippen LogP contribution in [0.1, 0.15) is 21.7 Å². The Morgan fingerprint density at radius 3 is 2.88 bits per heavy atom. The van der Waals surface area contributed by atoms with Gasteiger partial charge in [0.25, 0.3) is 0 Å². The van der Waals surface area contributed by atoms with E-state index in [0.717, 1.165) is 11.3 Å². The molecule has 0 unspecified atom stereocenters. The standard InChI is InChI=1S/C16H17ClN4O4/c1-24-13(25-2)7-19-15-10-5-9(17)3-4-11(10)21-8-20-14(16(22)23)12(21)6-18-15/h3-5,8,13H,6-7H2,1-2H3,(H,18,19)(H,22,23). The maximum absolute atomic E-state index is 11.4. The molecule has 1 aromatic heterocycles. The highest BCUT2D eigenvalue weighted by Crippen LogP contribution is 2.26. The monoisotopic (exact) mass is 364 g/mol. The first-order chi connectivity index (χ1) is 12.0. The summed E-state index contributed by atoms with van der Waals surface area (Å²) >= 11 is 6.14. The van der Waals surface area contributed by atoms with E-state index in [2.05, 4.69) is 15.3 Å². The van der Waals surface area contributed by atoms with Gasteiger partial charge in [-0.05, 0) is 18.2 Å². The van der Waals surface area contributed by atoms with Crippen molar-refractivity contribution >= 4 is 23.4 Å². The van der Waals surface area contributed by atoms with Gasteiger partial charge in [0.1, 0.15) is 12.2 Å². The third-order valence-electron chi connectivity index (χ3n) is 3.89. The fourth-order valence-electron chi connectivity index (χ4n) is 2.65. The van der Waals surface area contributed by atoms with Crippen molar-refractivity contribution in [3.63, 3.8) is 0 Å². The molecule has 0 aliphatic carbocycles. The van der Waals surface area contributed by atoms with Crippen LogP contribution in [0.5, 0.6) is 0 Å². The number of hydrogen-bond donors (Lipinski definition) is 2. The fraction of sp³-hybridized carbons (Fsp3) is 0.312. The summed E-state index contributed by atoms with van der Waals surface area (Å²) in [6, 6.07) is 5.31. The third-order valence-corrected chi connectivity index (χ3v) is 4.13. The van der Waals surface area contributed by atoms with E-state index >= 15 is 0 Å². The highest BCUT2D eigenvalue weighted by Gasteiger charge is 2.24. The molecule has 0 saturated heterocycles. The molecular formula is C16H17ClN4O4. The minimum Gasteiger partial charge on any atom is -0.476 e. The Bertz CT molecular complexity index is 830. The number of nitrogens with one attached hydrogen (secondary N) is 1. The largest absolute Gasteiger partial charge is 0.476 e. The van der Waals surface area contributed by atoms with Gasteiger partial charge < -0.3 is 19.9 Å². The number of amidine groups is 1. The van der Waals surface area contributed by atoms with E-state index in [1.54, 1.807) is 37.0 Å². The number of nitrogens with zero attached hydrogens (tertiary/aromatic N) is 3. The first kappa shape index (κ1) is 17.4. The van der Waals surface area contributed by atoms with Crippen LogP contribution < -0.4 is 5.32 Å². The summed E-state index contributed by atoms with van der Waals surface area (Å²) in [5.41, 5.74) is 1.97. The van der Waals surface area contributed by atoms with Crippen molar-refractivity contribution in [2.24, 2.45) is 4.99 Å². The summed E-state index contributed by atoms with van der Waals surface area (Å²) in [6.07, 6.45) is 1.04. The van der Waals surface area contributed by atoms with Gasteiger partial charge in [-0.15, -0.1) is 0 Å². The summed E-state index contributed by atoms with van der Waals surface area (Å²) in [5, 5.41) is 13.1. The van der Waals surface area contributed by atoms with Crippen LogP contribution >= 0.6 is 11.6 Å². The zero-order valence-corrected chi connectivity index (χ0v) is 14.4. The van der Waals surface area contributed by atoms with Gasteiger partial charge in [0.2, 0.25) is 0 Å². The maximum Gasteiger partial charge on any atom is 0.356 e. The normalized spacial score (nSPS) is 13.0. The number of ether oxygens (including phenoxy) is 2. The molecule has 0 bridgehead atoms. The summed E-state index contributed by atoms with van der Waals surface area (Å²) in [7, 11) is 3.10. The Hall–Kier alpha value is -2.42. The number of benzene rings is 1. The number of aliphatic imine (C=N–C) groups is 1. The van der Waals surface area contributed by atoms with Crippen molar-refractivity contribution in [2.45, 2.75) is 12.8 Å². The topological polar surface area (TPSA) is 98.0 Å². The quantitative estimate of drug-likeness (QED) is 0.783. The molecule has 3 rings (SSSR count). The van der Waals surface area contributed by atoms with Crippen molar-refractivity contribution in [3.8, 4) is 5.69 Å². The summed E-state index contributed by atoms with van der Waals surface area (Å²) in [6.45, 7) is 0.539. The van der Waals surface area contributed by atoms with Crippen LogP contribution in [-0.2, 0) is 16.0 Å². The molecule has 2 aromatic rings. The lowest BCUT2D eigenvalue weighted by Crippen LogP contribution is -2.35. The number of hydrogen-bond acceptors (Lipinski definition) is 6. The average molecular weight is 365 g/mol. The molecule has 0 saturated carbocycles. The predicted molar refractivity (Wildman–Crippen MR) is 91.6 cm³/mol. The lowest BCUT2D eigenvalue weighted by atomic mass is 10.1. The van der Waals surface area contributed by atoms with Crippen LogP contribution in [0.15, 0.2) is 29.5 Å². The van der Waals surface area contributed by atoms with Gasteiger partial charge in [-0.2, -0.15) is 0 Å². The second-order valence-corrected chi connectivity index (χ2v) is 5.76. The van der Waals surface area contributed by atoms with Gasteiger partial charge in [0.05, 0.1) is 24.5 Å². The summed E-state index contributed by atoms with van der Waals surface area (Å²) < 4.78 is 12.1. The highest BCUT2D eigenvalue weighted by atomic mass is 35.5. The van der Waals surface area contributed by atoms with E-state index < -0.39 is 12.3 Å². The van der Waals surface area contributed by atoms with Gasteiger partial charge in [-0.25, -0.2) is 9.78 Å².